The van der Waals surface area contributed by atoms with Gasteiger partial charge in [0, 0.05) is 29.7 Å². The van der Waals surface area contributed by atoms with Crippen LogP contribution in [0.3, 0.4) is 0 Å². The molecule has 2 aromatic rings. The third-order valence-corrected chi connectivity index (χ3v) is 5.74. The molecular weight excluding hydrogens is 439 g/mol. The molecule has 2 aromatic carbocycles. The van der Waals surface area contributed by atoms with Gasteiger partial charge in [0.2, 0.25) is 15.9 Å². The first-order chi connectivity index (χ1) is 13.7. The molecule has 0 aromatic heterocycles. The van der Waals surface area contributed by atoms with Gasteiger partial charge in [-0.15, -0.1) is 0 Å². The minimum Gasteiger partial charge on any atom is -0.493 e. The topological polar surface area (TPSA) is 84.9 Å². The maximum absolute atomic E-state index is 12.3. The van der Waals surface area contributed by atoms with Gasteiger partial charge in [0.1, 0.15) is 0 Å². The first-order valence-electron chi connectivity index (χ1n) is 8.60. The van der Waals surface area contributed by atoms with Crippen molar-refractivity contribution in [1.29, 1.82) is 0 Å². The quantitative estimate of drug-likeness (QED) is 0.605. The maximum Gasteiger partial charge on any atom is 0.232 e. The van der Waals surface area contributed by atoms with Crippen molar-refractivity contribution < 1.29 is 22.7 Å². The summed E-state index contributed by atoms with van der Waals surface area (Å²) in [6.45, 7) is 0.0816. The maximum atomic E-state index is 12.3. The zero-order chi connectivity index (χ0) is 21.6. The molecule has 0 radical (unpaired) electrons. The highest BCUT2D eigenvalue weighted by Gasteiger charge is 2.20. The number of hydrogen-bond donors (Lipinski definition) is 1. The largest absolute Gasteiger partial charge is 0.493 e. The minimum atomic E-state index is -3.60. The molecule has 0 aliphatic rings. The highest BCUT2D eigenvalue weighted by atomic mass is 35.5. The number of anilines is 2. The van der Waals surface area contributed by atoms with Crippen molar-refractivity contribution in [2.75, 3.05) is 36.6 Å². The highest BCUT2D eigenvalue weighted by molar-refractivity contribution is 7.92. The SMILES string of the molecule is COc1ccc(NC(=O)CCCN(c2cc(Cl)ccc2Cl)S(C)(=O)=O)cc1OC. The molecule has 0 fully saturated rings. The Balaban J connectivity index is 2.02. The molecule has 0 bridgehead atoms. The first kappa shape index (κ1) is 23.1. The molecule has 0 unspecified atom stereocenters. The molecule has 0 atom stereocenters. The van der Waals surface area contributed by atoms with Gasteiger partial charge in [0.05, 0.1) is 31.2 Å². The van der Waals surface area contributed by atoms with Gasteiger partial charge in [-0.1, -0.05) is 23.2 Å². The van der Waals surface area contributed by atoms with E-state index >= 15 is 0 Å². The highest BCUT2D eigenvalue weighted by Crippen LogP contribution is 2.31. The van der Waals surface area contributed by atoms with Crippen LogP contribution < -0.4 is 19.1 Å². The Bertz CT molecular complexity index is 983. The number of ether oxygens (including phenoxy) is 2. The van der Waals surface area contributed by atoms with Crippen LogP contribution >= 0.6 is 23.2 Å². The van der Waals surface area contributed by atoms with Crippen LogP contribution in [0, 0.1) is 0 Å². The fourth-order valence-electron chi connectivity index (χ4n) is 2.66. The summed E-state index contributed by atoms with van der Waals surface area (Å²) in [5.41, 5.74) is 0.826. The van der Waals surface area contributed by atoms with E-state index in [1.54, 1.807) is 24.3 Å². The van der Waals surface area contributed by atoms with Crippen molar-refractivity contribution >= 4 is 50.5 Å². The summed E-state index contributed by atoms with van der Waals surface area (Å²) in [7, 11) is -0.575. The van der Waals surface area contributed by atoms with Crippen molar-refractivity contribution in [2.45, 2.75) is 12.8 Å². The lowest BCUT2D eigenvalue weighted by molar-refractivity contribution is -0.116. The van der Waals surface area contributed by atoms with Crippen molar-refractivity contribution in [2.24, 2.45) is 0 Å². The molecule has 0 heterocycles. The number of methoxy groups -OCH3 is 2. The Morgan fingerprint density at radius 3 is 2.38 bits per heavy atom. The smallest absolute Gasteiger partial charge is 0.232 e. The number of sulfonamides is 1. The van der Waals surface area contributed by atoms with Crippen molar-refractivity contribution in [3.8, 4) is 11.5 Å². The Morgan fingerprint density at radius 2 is 1.76 bits per heavy atom. The lowest BCUT2D eigenvalue weighted by Gasteiger charge is -2.23. The predicted molar refractivity (Wildman–Crippen MR) is 116 cm³/mol. The zero-order valence-electron chi connectivity index (χ0n) is 16.2. The second-order valence-corrected chi connectivity index (χ2v) is 8.90. The Labute approximate surface area is 180 Å². The third kappa shape index (κ3) is 6.42. The van der Waals surface area contributed by atoms with E-state index < -0.39 is 10.0 Å². The van der Waals surface area contributed by atoms with Crippen molar-refractivity contribution in [1.82, 2.24) is 0 Å². The number of rotatable bonds is 9. The van der Waals surface area contributed by atoms with Crippen LogP contribution in [0.2, 0.25) is 10.0 Å². The molecule has 7 nitrogen and oxygen atoms in total. The molecule has 10 heteroatoms. The Morgan fingerprint density at radius 1 is 1.07 bits per heavy atom. The number of nitrogens with zero attached hydrogens (tertiary/aromatic N) is 1. The summed E-state index contributed by atoms with van der Waals surface area (Å²) in [5.74, 6) is 0.778. The fraction of sp³-hybridized carbons (Fsp3) is 0.316. The number of halogens is 2. The second-order valence-electron chi connectivity index (χ2n) is 6.15. The van der Waals surface area contributed by atoms with Crippen LogP contribution in [0.25, 0.3) is 0 Å². The number of nitrogens with one attached hydrogen (secondary N) is 1. The average molecular weight is 461 g/mol. The molecule has 0 saturated heterocycles. The van der Waals surface area contributed by atoms with Gasteiger partial charge in [-0.05, 0) is 36.8 Å². The van der Waals surface area contributed by atoms with Gasteiger partial charge < -0.3 is 14.8 Å². The molecular formula is C19H22Cl2N2O5S. The number of amides is 1. The predicted octanol–water partition coefficient (Wildman–Crippen LogP) is 4.20. The van der Waals surface area contributed by atoms with E-state index in [-0.39, 0.29) is 36.0 Å². The third-order valence-electron chi connectivity index (χ3n) is 4.01. The molecule has 0 aliphatic carbocycles. The zero-order valence-corrected chi connectivity index (χ0v) is 18.6. The Kier molecular flexibility index (Phi) is 8.01. The second kappa shape index (κ2) is 10.0. The lowest BCUT2D eigenvalue weighted by atomic mass is 10.2. The van der Waals surface area contributed by atoms with Crippen LogP contribution in [0.15, 0.2) is 36.4 Å². The van der Waals surface area contributed by atoms with Gasteiger partial charge >= 0.3 is 0 Å². The molecule has 158 valence electrons. The van der Waals surface area contributed by atoms with E-state index in [2.05, 4.69) is 5.32 Å². The molecule has 0 saturated carbocycles. The summed E-state index contributed by atoms with van der Waals surface area (Å²) in [6.07, 6.45) is 1.47. The van der Waals surface area contributed by atoms with Crippen LogP contribution in [0.5, 0.6) is 11.5 Å². The summed E-state index contributed by atoms with van der Waals surface area (Å²) >= 11 is 12.1. The summed E-state index contributed by atoms with van der Waals surface area (Å²) < 4.78 is 35.9. The fourth-order valence-corrected chi connectivity index (χ4v) is 4.07. The van der Waals surface area contributed by atoms with E-state index in [0.29, 0.717) is 22.2 Å². The van der Waals surface area contributed by atoms with Crippen molar-refractivity contribution in [3.63, 3.8) is 0 Å². The molecule has 1 N–H and O–H groups in total. The number of carbonyl (C=O) groups is 1. The molecule has 29 heavy (non-hydrogen) atoms. The Hall–Kier alpha value is -2.16. The summed E-state index contributed by atoms with van der Waals surface area (Å²) in [4.78, 5) is 12.3. The van der Waals surface area contributed by atoms with Gasteiger partial charge in [-0.2, -0.15) is 0 Å². The van der Waals surface area contributed by atoms with Crippen LogP contribution in [-0.2, 0) is 14.8 Å². The van der Waals surface area contributed by atoms with Gasteiger partial charge in [-0.3, -0.25) is 9.10 Å². The van der Waals surface area contributed by atoms with Crippen molar-refractivity contribution in [3.05, 3.63) is 46.4 Å². The molecule has 0 aliphatic heterocycles. The van der Waals surface area contributed by atoms with E-state index in [4.69, 9.17) is 32.7 Å². The minimum absolute atomic E-state index is 0.0816. The van der Waals surface area contributed by atoms with Crippen LogP contribution in [0.4, 0.5) is 11.4 Å². The monoisotopic (exact) mass is 460 g/mol. The van der Waals surface area contributed by atoms with E-state index in [1.807, 2.05) is 0 Å². The molecule has 2 rings (SSSR count). The van der Waals surface area contributed by atoms with Gasteiger partial charge in [0.25, 0.3) is 0 Å². The first-order valence-corrected chi connectivity index (χ1v) is 11.2. The van der Waals surface area contributed by atoms with Crippen LogP contribution in [-0.4, -0.2) is 41.3 Å². The number of carbonyl (C=O) groups excluding carboxylic acids is 1. The van der Waals surface area contributed by atoms with Crippen LogP contribution in [0.1, 0.15) is 12.8 Å². The lowest BCUT2D eigenvalue weighted by Crippen LogP contribution is -2.31. The summed E-state index contributed by atoms with van der Waals surface area (Å²) in [6, 6.07) is 9.60. The molecule has 0 spiro atoms. The number of benzene rings is 2. The van der Waals surface area contributed by atoms with E-state index in [1.165, 1.54) is 26.4 Å². The normalized spacial score (nSPS) is 11.1. The standard InChI is InChI=1S/C19H22Cl2N2O5S/c1-27-17-9-7-14(12-18(17)28-2)22-19(24)5-4-10-23(29(3,25)26)16-11-13(20)6-8-15(16)21/h6-9,11-12H,4-5,10H2,1-3H3,(H,22,24). The van der Waals surface area contributed by atoms with Gasteiger partial charge in [-0.25, -0.2) is 8.42 Å². The summed E-state index contributed by atoms with van der Waals surface area (Å²) in [5, 5.41) is 3.37. The van der Waals surface area contributed by atoms with Gasteiger partial charge in [0.15, 0.2) is 11.5 Å². The average Bonchev–Trinajstić information content (AvgIpc) is 2.66. The van der Waals surface area contributed by atoms with E-state index in [9.17, 15) is 13.2 Å². The molecule has 1 amide bonds. The number of hydrogen-bond acceptors (Lipinski definition) is 5. The van der Waals surface area contributed by atoms with E-state index in [0.717, 1.165) is 10.6 Å².